The van der Waals surface area contributed by atoms with Crippen LogP contribution >= 0.6 is 0 Å². The molecular weight excluding hydrogens is 303 g/mol. The van der Waals surface area contributed by atoms with Crippen molar-refractivity contribution >= 4 is 11.5 Å². The molecule has 1 aliphatic rings. The van der Waals surface area contributed by atoms with Crippen molar-refractivity contribution < 1.29 is 14.1 Å². The van der Waals surface area contributed by atoms with E-state index in [4.69, 9.17) is 4.74 Å². The number of fused-ring (bicyclic) bond motifs is 1. The molecule has 23 heavy (non-hydrogen) atoms. The zero-order chi connectivity index (χ0) is 16.6. The summed E-state index contributed by atoms with van der Waals surface area (Å²) in [5.41, 5.74) is 0.940. The molecule has 1 atom stereocenters. The number of ether oxygens (including phenoxy) is 1. The lowest BCUT2D eigenvalue weighted by Gasteiger charge is -2.19. The molecule has 0 amide bonds. The summed E-state index contributed by atoms with van der Waals surface area (Å²) in [6, 6.07) is 4.07. The molecule has 0 radical (unpaired) electrons. The van der Waals surface area contributed by atoms with Crippen molar-refractivity contribution in [1.82, 2.24) is 9.78 Å². The second-order valence-corrected chi connectivity index (χ2v) is 5.53. The van der Waals surface area contributed by atoms with E-state index in [0.29, 0.717) is 35.9 Å². The van der Waals surface area contributed by atoms with Crippen molar-refractivity contribution in [2.24, 2.45) is 7.05 Å². The van der Waals surface area contributed by atoms with Gasteiger partial charge in [-0.2, -0.15) is 5.10 Å². The van der Waals surface area contributed by atoms with Gasteiger partial charge in [0, 0.05) is 12.6 Å². The van der Waals surface area contributed by atoms with Crippen LogP contribution in [0.3, 0.4) is 0 Å². The molecule has 1 N–H and O–H groups in total. The first-order valence-electron chi connectivity index (χ1n) is 7.34. The molecule has 0 aliphatic carbocycles. The molecule has 2 aromatic rings. The molecule has 7 nitrogen and oxygen atoms in total. The zero-order valence-corrected chi connectivity index (χ0v) is 12.9. The number of nitrogens with zero attached hydrogens (tertiary/aromatic N) is 3. The van der Waals surface area contributed by atoms with Crippen LogP contribution in [0.25, 0.3) is 0 Å². The predicted octanol–water partition coefficient (Wildman–Crippen LogP) is 3.10. The molecule has 0 bridgehead atoms. The maximum Gasteiger partial charge on any atom is 0.333 e. The highest BCUT2D eigenvalue weighted by Gasteiger charge is 2.28. The molecule has 8 heteroatoms. The Labute approximate surface area is 132 Å². The number of anilines is 1. The third-order valence-electron chi connectivity index (χ3n) is 3.93. The Hall–Kier alpha value is -2.64. The van der Waals surface area contributed by atoms with E-state index in [9.17, 15) is 14.5 Å². The molecule has 1 aromatic heterocycles. The number of benzene rings is 1. The highest BCUT2D eigenvalue weighted by Crippen LogP contribution is 2.37. The predicted molar refractivity (Wildman–Crippen MR) is 82.1 cm³/mol. The monoisotopic (exact) mass is 320 g/mol. The van der Waals surface area contributed by atoms with Crippen LogP contribution in [0.5, 0.6) is 5.75 Å². The molecule has 0 fully saturated rings. The minimum atomic E-state index is -0.454. The maximum absolute atomic E-state index is 13.6. The maximum atomic E-state index is 13.6. The minimum Gasteiger partial charge on any atom is -0.493 e. The van der Waals surface area contributed by atoms with Gasteiger partial charge in [0.2, 0.25) is 5.82 Å². The van der Waals surface area contributed by atoms with Gasteiger partial charge in [-0.1, -0.05) is 0 Å². The fourth-order valence-electron chi connectivity index (χ4n) is 2.89. The third-order valence-corrected chi connectivity index (χ3v) is 3.93. The lowest BCUT2D eigenvalue weighted by atomic mass is 10.0. The van der Waals surface area contributed by atoms with Gasteiger partial charge in [-0.05, 0) is 38.0 Å². The number of halogens is 1. The SMILES string of the molecule is Cc1nn(C)c(N[C@H]2CCCOc3ccc(F)cc32)c1[N+](=O)[O-]. The number of hydrogen-bond acceptors (Lipinski definition) is 5. The number of rotatable bonds is 3. The Morgan fingerprint density at radius 2 is 2.30 bits per heavy atom. The lowest BCUT2D eigenvalue weighted by Crippen LogP contribution is -2.14. The van der Waals surface area contributed by atoms with Gasteiger partial charge in [-0.15, -0.1) is 0 Å². The van der Waals surface area contributed by atoms with E-state index in [2.05, 4.69) is 10.4 Å². The first-order chi connectivity index (χ1) is 11.0. The van der Waals surface area contributed by atoms with Gasteiger partial charge in [0.1, 0.15) is 17.3 Å². The van der Waals surface area contributed by atoms with Crippen LogP contribution in [0.2, 0.25) is 0 Å². The van der Waals surface area contributed by atoms with Gasteiger partial charge in [0.15, 0.2) is 0 Å². The van der Waals surface area contributed by atoms with Crippen molar-refractivity contribution in [3.8, 4) is 5.75 Å². The van der Waals surface area contributed by atoms with Crippen molar-refractivity contribution in [1.29, 1.82) is 0 Å². The smallest absolute Gasteiger partial charge is 0.333 e. The third kappa shape index (κ3) is 2.84. The highest BCUT2D eigenvalue weighted by atomic mass is 19.1. The van der Waals surface area contributed by atoms with Gasteiger partial charge in [-0.3, -0.25) is 10.1 Å². The fraction of sp³-hybridized carbons (Fsp3) is 0.400. The second-order valence-electron chi connectivity index (χ2n) is 5.53. The van der Waals surface area contributed by atoms with Crippen LogP contribution in [-0.2, 0) is 7.05 Å². The molecular formula is C15H17FN4O3. The summed E-state index contributed by atoms with van der Waals surface area (Å²) in [5.74, 6) is 0.550. The molecule has 2 heterocycles. The van der Waals surface area contributed by atoms with Crippen LogP contribution in [0.4, 0.5) is 15.9 Å². The first-order valence-corrected chi connectivity index (χ1v) is 7.34. The van der Waals surface area contributed by atoms with Gasteiger partial charge >= 0.3 is 5.69 Å². The van der Waals surface area contributed by atoms with E-state index in [0.717, 1.165) is 6.42 Å². The lowest BCUT2D eigenvalue weighted by molar-refractivity contribution is -0.384. The standard InChI is InChI=1S/C15H17FN4O3/c1-9-14(20(21)22)15(19(2)18-9)17-12-4-3-7-23-13-6-5-10(16)8-11(12)13/h5-6,8,12,17H,3-4,7H2,1-2H3/t12-/m0/s1. The molecule has 0 spiro atoms. The van der Waals surface area contributed by atoms with Gasteiger partial charge < -0.3 is 10.1 Å². The Kier molecular flexibility index (Phi) is 3.89. The normalized spacial score (nSPS) is 17.1. The molecule has 0 unspecified atom stereocenters. The Morgan fingerprint density at radius 1 is 1.52 bits per heavy atom. The van der Waals surface area contributed by atoms with E-state index in [1.165, 1.54) is 16.8 Å². The van der Waals surface area contributed by atoms with Gasteiger partial charge in [0.25, 0.3) is 0 Å². The number of nitrogens with one attached hydrogen (secondary N) is 1. The molecule has 1 aliphatic heterocycles. The second kappa shape index (κ2) is 5.86. The van der Waals surface area contributed by atoms with Crippen molar-refractivity contribution in [2.45, 2.75) is 25.8 Å². The average molecular weight is 320 g/mol. The largest absolute Gasteiger partial charge is 0.493 e. The Morgan fingerprint density at radius 3 is 3.04 bits per heavy atom. The summed E-state index contributed by atoms with van der Waals surface area (Å²) in [5, 5.41) is 18.6. The summed E-state index contributed by atoms with van der Waals surface area (Å²) in [6.45, 7) is 2.12. The van der Waals surface area contributed by atoms with Gasteiger partial charge in [0.05, 0.1) is 17.6 Å². The summed E-state index contributed by atoms with van der Waals surface area (Å²) in [4.78, 5) is 10.8. The van der Waals surface area contributed by atoms with Crippen LogP contribution in [-0.4, -0.2) is 21.3 Å². The number of nitro groups is 1. The van der Waals surface area contributed by atoms with E-state index in [1.807, 2.05) is 0 Å². The topological polar surface area (TPSA) is 82.2 Å². The molecule has 0 saturated carbocycles. The van der Waals surface area contributed by atoms with Crippen molar-refractivity contribution in [2.75, 3.05) is 11.9 Å². The van der Waals surface area contributed by atoms with Crippen LogP contribution in [0, 0.1) is 22.9 Å². The Balaban J connectivity index is 2.01. The minimum absolute atomic E-state index is 0.0596. The van der Waals surface area contributed by atoms with Crippen LogP contribution in [0.15, 0.2) is 18.2 Å². The fourth-order valence-corrected chi connectivity index (χ4v) is 2.89. The van der Waals surface area contributed by atoms with Crippen LogP contribution in [0.1, 0.15) is 30.1 Å². The highest BCUT2D eigenvalue weighted by molar-refractivity contribution is 5.61. The van der Waals surface area contributed by atoms with Crippen molar-refractivity contribution in [3.63, 3.8) is 0 Å². The van der Waals surface area contributed by atoms with E-state index in [1.54, 1.807) is 20.0 Å². The van der Waals surface area contributed by atoms with E-state index in [-0.39, 0.29) is 17.5 Å². The van der Waals surface area contributed by atoms with Crippen LogP contribution < -0.4 is 10.1 Å². The summed E-state index contributed by atoms with van der Waals surface area (Å²) < 4.78 is 20.7. The molecule has 122 valence electrons. The van der Waals surface area contributed by atoms with Crippen molar-refractivity contribution in [3.05, 3.63) is 45.4 Å². The molecule has 0 saturated heterocycles. The number of hydrogen-bond donors (Lipinski definition) is 1. The van der Waals surface area contributed by atoms with Gasteiger partial charge in [-0.25, -0.2) is 9.07 Å². The molecule has 1 aromatic carbocycles. The first kappa shape index (κ1) is 15.3. The average Bonchev–Trinajstić information content (AvgIpc) is 2.66. The summed E-state index contributed by atoms with van der Waals surface area (Å²) >= 11 is 0. The van der Waals surface area contributed by atoms with E-state index >= 15 is 0 Å². The number of aromatic nitrogens is 2. The quantitative estimate of drug-likeness (QED) is 0.694. The molecule has 3 rings (SSSR count). The summed E-state index contributed by atoms with van der Waals surface area (Å²) in [6.07, 6.45) is 1.44. The van der Waals surface area contributed by atoms with E-state index < -0.39 is 4.92 Å². The zero-order valence-electron chi connectivity index (χ0n) is 12.9. The Bertz CT molecular complexity index is 759. The summed E-state index contributed by atoms with van der Waals surface area (Å²) in [7, 11) is 1.64. The number of aryl methyl sites for hydroxylation is 2.